The van der Waals surface area contributed by atoms with Crippen LogP contribution in [0, 0.1) is 0 Å². The molecule has 49 heavy (non-hydrogen) atoms. The molecule has 3 heterocycles. The van der Waals surface area contributed by atoms with E-state index in [1.165, 1.54) is 6.33 Å². The molecule has 250 valence electrons. The van der Waals surface area contributed by atoms with Gasteiger partial charge in [-0.25, -0.2) is 9.50 Å². The zero-order chi connectivity index (χ0) is 33.3. The first-order valence-electron chi connectivity index (χ1n) is 16.5. The second kappa shape index (κ2) is 15.5. The SMILES string of the molecule is Nc1ncnn2c([C@@H]3OC(COCc4ccccc4)(COCc4ccccc4)[C@@H](OCc4ccccc4)[C@H]3OCc3ccccc3)ccc12. The normalized spacial score (nSPS) is 18.6. The molecule has 2 N–H and O–H groups in total. The van der Waals surface area contributed by atoms with Gasteiger partial charge in [-0.15, -0.1) is 0 Å². The first-order valence-corrected chi connectivity index (χ1v) is 16.5. The van der Waals surface area contributed by atoms with Gasteiger partial charge in [-0.1, -0.05) is 121 Å². The van der Waals surface area contributed by atoms with E-state index in [4.69, 9.17) is 29.4 Å². The smallest absolute Gasteiger partial charge is 0.151 e. The lowest BCUT2D eigenvalue weighted by Crippen LogP contribution is -2.52. The third-order valence-corrected chi connectivity index (χ3v) is 8.75. The molecule has 0 amide bonds. The average molecular weight is 657 g/mol. The van der Waals surface area contributed by atoms with Crippen LogP contribution < -0.4 is 5.73 Å². The molecule has 0 bridgehead atoms. The van der Waals surface area contributed by atoms with E-state index in [-0.39, 0.29) is 13.2 Å². The van der Waals surface area contributed by atoms with E-state index in [0.29, 0.717) is 37.8 Å². The van der Waals surface area contributed by atoms with Gasteiger partial charge in [0, 0.05) is 0 Å². The molecule has 1 saturated heterocycles. The summed E-state index contributed by atoms with van der Waals surface area (Å²) in [5.74, 6) is 0.376. The molecule has 9 heteroatoms. The summed E-state index contributed by atoms with van der Waals surface area (Å²) >= 11 is 0. The second-order valence-corrected chi connectivity index (χ2v) is 12.2. The highest BCUT2D eigenvalue weighted by Crippen LogP contribution is 2.45. The molecular weight excluding hydrogens is 616 g/mol. The lowest BCUT2D eigenvalue weighted by Gasteiger charge is -2.35. The standard InChI is InChI=1S/C40H40N4O5/c41-39-35-22-21-34(44(35)43-29-42-39)36-37(47-25-32-17-9-3-10-18-32)38(48-26-33-19-11-4-12-20-33)40(49-36,27-45-23-30-13-5-1-6-14-30)28-46-24-31-15-7-2-8-16-31/h1-22,29,36-38H,23-28H2,(H2,41,42,43)/t36-,37-,38-/m0/s1. The van der Waals surface area contributed by atoms with Gasteiger partial charge in [0.05, 0.1) is 45.3 Å². The fraction of sp³-hybridized carbons (Fsp3) is 0.250. The number of hydrogen-bond donors (Lipinski definition) is 1. The Bertz CT molecular complexity index is 1840. The Kier molecular flexibility index (Phi) is 10.4. The number of nitrogens with zero attached hydrogens (tertiary/aromatic N) is 3. The molecule has 6 aromatic rings. The summed E-state index contributed by atoms with van der Waals surface area (Å²) in [6.45, 7) is 1.87. The molecule has 0 saturated carbocycles. The highest BCUT2D eigenvalue weighted by molar-refractivity contribution is 5.65. The molecular formula is C40H40N4O5. The number of ether oxygens (including phenoxy) is 5. The van der Waals surface area contributed by atoms with Crippen molar-refractivity contribution in [2.75, 3.05) is 18.9 Å². The van der Waals surface area contributed by atoms with E-state index in [1.807, 2.05) is 133 Å². The largest absolute Gasteiger partial charge is 0.382 e. The molecule has 1 aliphatic rings. The van der Waals surface area contributed by atoms with Crippen LogP contribution in [0.4, 0.5) is 5.82 Å². The molecule has 3 atom stereocenters. The highest BCUT2D eigenvalue weighted by atomic mass is 16.6. The van der Waals surface area contributed by atoms with E-state index < -0.39 is 23.9 Å². The quantitative estimate of drug-likeness (QED) is 0.130. The van der Waals surface area contributed by atoms with Gasteiger partial charge in [-0.3, -0.25) is 0 Å². The Labute approximate surface area is 286 Å². The highest BCUT2D eigenvalue weighted by Gasteiger charge is 2.58. The zero-order valence-corrected chi connectivity index (χ0v) is 27.2. The van der Waals surface area contributed by atoms with Gasteiger partial charge in [0.1, 0.15) is 35.8 Å². The van der Waals surface area contributed by atoms with E-state index in [9.17, 15) is 0 Å². The van der Waals surface area contributed by atoms with Gasteiger partial charge in [-0.05, 0) is 34.4 Å². The topological polar surface area (TPSA) is 102 Å². The van der Waals surface area contributed by atoms with Crippen LogP contribution in [0.1, 0.15) is 34.1 Å². The minimum Gasteiger partial charge on any atom is -0.382 e. The molecule has 1 aliphatic heterocycles. The van der Waals surface area contributed by atoms with Crippen molar-refractivity contribution in [3.63, 3.8) is 0 Å². The zero-order valence-electron chi connectivity index (χ0n) is 27.2. The molecule has 1 fully saturated rings. The van der Waals surface area contributed by atoms with Crippen molar-refractivity contribution < 1.29 is 23.7 Å². The van der Waals surface area contributed by atoms with Gasteiger partial charge in [-0.2, -0.15) is 5.10 Å². The number of anilines is 1. The van der Waals surface area contributed by atoms with Crippen LogP contribution in [0.3, 0.4) is 0 Å². The Hall–Kier alpha value is -4.90. The molecule has 9 nitrogen and oxygen atoms in total. The summed E-state index contributed by atoms with van der Waals surface area (Å²) < 4.78 is 35.7. The minimum absolute atomic E-state index is 0.193. The maximum absolute atomic E-state index is 7.20. The summed E-state index contributed by atoms with van der Waals surface area (Å²) in [7, 11) is 0. The third-order valence-electron chi connectivity index (χ3n) is 8.75. The molecule has 0 unspecified atom stereocenters. The van der Waals surface area contributed by atoms with Crippen LogP contribution in [0.15, 0.2) is 140 Å². The summed E-state index contributed by atoms with van der Waals surface area (Å²) in [6.07, 6.45) is -0.332. The number of fused-ring (bicyclic) bond motifs is 1. The van der Waals surface area contributed by atoms with E-state index in [0.717, 1.165) is 27.9 Å². The van der Waals surface area contributed by atoms with Crippen LogP contribution in [-0.2, 0) is 50.1 Å². The minimum atomic E-state index is -1.06. The second-order valence-electron chi connectivity index (χ2n) is 12.2. The molecule has 0 spiro atoms. The Morgan fingerprint density at radius 2 is 1.10 bits per heavy atom. The Balaban J connectivity index is 1.27. The summed E-state index contributed by atoms with van der Waals surface area (Å²) in [4.78, 5) is 4.20. The number of hydrogen-bond acceptors (Lipinski definition) is 8. The van der Waals surface area contributed by atoms with Crippen LogP contribution in [0.5, 0.6) is 0 Å². The number of aromatic nitrogens is 3. The molecule has 0 radical (unpaired) electrons. The fourth-order valence-electron chi connectivity index (χ4n) is 6.32. The first kappa shape index (κ1) is 32.6. The van der Waals surface area contributed by atoms with Crippen molar-refractivity contribution in [3.05, 3.63) is 168 Å². The number of nitrogen functional groups attached to an aromatic ring is 1. The summed E-state index contributed by atoms with van der Waals surface area (Å²) in [5, 5.41) is 4.56. The molecule has 0 aliphatic carbocycles. The fourth-order valence-corrected chi connectivity index (χ4v) is 6.32. The van der Waals surface area contributed by atoms with Gasteiger partial charge >= 0.3 is 0 Å². The van der Waals surface area contributed by atoms with Crippen LogP contribution in [0.25, 0.3) is 5.52 Å². The average Bonchev–Trinajstić information content (AvgIpc) is 3.71. The van der Waals surface area contributed by atoms with E-state index in [2.05, 4.69) is 10.1 Å². The van der Waals surface area contributed by atoms with Gasteiger partial charge in [0.2, 0.25) is 0 Å². The maximum Gasteiger partial charge on any atom is 0.151 e. The lowest BCUT2D eigenvalue weighted by atomic mass is 9.94. The molecule has 7 rings (SSSR count). The van der Waals surface area contributed by atoms with Gasteiger partial charge < -0.3 is 29.4 Å². The predicted molar refractivity (Wildman–Crippen MR) is 186 cm³/mol. The Morgan fingerprint density at radius 3 is 1.63 bits per heavy atom. The van der Waals surface area contributed by atoms with Crippen molar-refractivity contribution in [1.82, 2.24) is 14.6 Å². The number of nitrogens with two attached hydrogens (primary N) is 1. The first-order chi connectivity index (χ1) is 24.2. The van der Waals surface area contributed by atoms with Crippen LogP contribution in [0.2, 0.25) is 0 Å². The van der Waals surface area contributed by atoms with Gasteiger partial charge in [0.15, 0.2) is 5.82 Å². The summed E-state index contributed by atoms with van der Waals surface area (Å²) in [5.41, 5.74) is 10.8. The van der Waals surface area contributed by atoms with Crippen molar-refractivity contribution in [1.29, 1.82) is 0 Å². The molecule has 2 aromatic heterocycles. The molecule has 4 aromatic carbocycles. The predicted octanol–water partition coefficient (Wildman–Crippen LogP) is 6.73. The van der Waals surface area contributed by atoms with Crippen molar-refractivity contribution in [2.45, 2.75) is 50.3 Å². The van der Waals surface area contributed by atoms with Gasteiger partial charge in [0.25, 0.3) is 0 Å². The summed E-state index contributed by atoms with van der Waals surface area (Å²) in [6, 6.07) is 44.2. The lowest BCUT2D eigenvalue weighted by molar-refractivity contribution is -0.179. The van der Waals surface area contributed by atoms with Crippen molar-refractivity contribution in [3.8, 4) is 0 Å². The monoisotopic (exact) mass is 656 g/mol. The van der Waals surface area contributed by atoms with E-state index in [1.54, 1.807) is 4.52 Å². The third kappa shape index (κ3) is 7.72. The maximum atomic E-state index is 7.20. The Morgan fingerprint density at radius 1 is 0.612 bits per heavy atom. The van der Waals surface area contributed by atoms with E-state index >= 15 is 0 Å². The number of benzene rings is 4. The van der Waals surface area contributed by atoms with Crippen LogP contribution >= 0.6 is 0 Å². The van der Waals surface area contributed by atoms with Crippen LogP contribution in [-0.4, -0.2) is 45.6 Å². The number of rotatable bonds is 15. The van der Waals surface area contributed by atoms with Crippen molar-refractivity contribution >= 4 is 11.3 Å². The van der Waals surface area contributed by atoms with Crippen molar-refractivity contribution in [2.24, 2.45) is 0 Å².